The van der Waals surface area contributed by atoms with Crippen molar-refractivity contribution in [1.29, 1.82) is 0 Å². The second kappa shape index (κ2) is 38.6. The van der Waals surface area contributed by atoms with E-state index in [0.717, 1.165) is 90.4 Å². The van der Waals surface area contributed by atoms with Crippen LogP contribution in [0.15, 0.2) is 24.4 Å². The molecule has 0 fully saturated rings. The number of carbonyl (C=O) groups excluding carboxylic acids is 7. The van der Waals surface area contributed by atoms with Crippen LogP contribution in [-0.2, 0) is 40.0 Å². The lowest BCUT2D eigenvalue weighted by molar-refractivity contribution is -0.131. The number of fused-ring (bicyclic) bond motifs is 1. The van der Waals surface area contributed by atoms with Gasteiger partial charge in [-0.25, -0.2) is 0 Å². The number of primary amides is 1. The molecule has 0 aliphatic heterocycles. The molecule has 1 atom stereocenters. The van der Waals surface area contributed by atoms with E-state index in [2.05, 4.69) is 58.2 Å². The monoisotopic (exact) mass is 958 g/mol. The number of aromatic amines is 1. The van der Waals surface area contributed by atoms with Gasteiger partial charge in [-0.05, 0) is 121 Å². The summed E-state index contributed by atoms with van der Waals surface area (Å²) in [4.78, 5) is 88.4. The number of amides is 7. The van der Waals surface area contributed by atoms with Crippen molar-refractivity contribution in [3.8, 4) is 5.75 Å². The smallest absolute Gasteiger partial charge is 0.243 e. The lowest BCUT2D eigenvalue weighted by Gasteiger charge is -2.17. The van der Waals surface area contributed by atoms with Gasteiger partial charge in [-0.3, -0.25) is 33.6 Å². The minimum atomic E-state index is -1.13. The molecule has 2 aromatic rings. The molecule has 0 aliphatic carbocycles. The molecule has 21 nitrogen and oxygen atoms in total. The first-order valence-electron chi connectivity index (χ1n) is 24.7. The van der Waals surface area contributed by atoms with Gasteiger partial charge in [-0.2, -0.15) is 0 Å². The molecule has 384 valence electrons. The third-order valence-electron chi connectivity index (χ3n) is 10.9. The van der Waals surface area contributed by atoms with E-state index in [1.807, 2.05) is 0 Å². The molecule has 21 heteroatoms. The van der Waals surface area contributed by atoms with Crippen LogP contribution in [0.3, 0.4) is 0 Å². The predicted octanol–water partition coefficient (Wildman–Crippen LogP) is -0.474. The molecule has 0 radical (unpaired) electrons. The molecular formula is C47H83N13O8. The van der Waals surface area contributed by atoms with Crippen molar-refractivity contribution in [2.75, 3.05) is 91.6 Å². The van der Waals surface area contributed by atoms with E-state index in [-0.39, 0.29) is 42.2 Å². The molecule has 1 heterocycles. The Morgan fingerprint density at radius 1 is 0.515 bits per heavy atom. The Hall–Kier alpha value is -5.35. The van der Waals surface area contributed by atoms with E-state index in [1.54, 1.807) is 18.3 Å². The zero-order valence-electron chi connectivity index (χ0n) is 40.3. The summed E-state index contributed by atoms with van der Waals surface area (Å²) in [6, 6.07) is 3.85. The molecule has 16 N–H and O–H groups in total. The number of carbonyl (C=O) groups is 7. The van der Waals surface area contributed by atoms with E-state index in [1.165, 1.54) is 6.07 Å². The third-order valence-corrected chi connectivity index (χ3v) is 10.9. The summed E-state index contributed by atoms with van der Waals surface area (Å²) in [6.07, 6.45) is 12.2. The average Bonchev–Trinajstić information content (AvgIpc) is 3.72. The minimum Gasteiger partial charge on any atom is -0.507 e. The summed E-state index contributed by atoms with van der Waals surface area (Å²) < 4.78 is 0. The van der Waals surface area contributed by atoms with E-state index in [9.17, 15) is 38.7 Å². The van der Waals surface area contributed by atoms with Gasteiger partial charge in [0.15, 0.2) is 0 Å². The highest BCUT2D eigenvalue weighted by Gasteiger charge is 2.23. The number of rotatable bonds is 43. The van der Waals surface area contributed by atoms with Gasteiger partial charge in [0.1, 0.15) is 11.8 Å². The van der Waals surface area contributed by atoms with Gasteiger partial charge in [0, 0.05) is 102 Å². The van der Waals surface area contributed by atoms with Crippen molar-refractivity contribution in [2.24, 2.45) is 11.5 Å². The number of unbranched alkanes of at least 4 members (excludes halogenated alkanes) is 6. The normalized spacial score (nSPS) is 11.5. The first kappa shape index (κ1) is 58.8. The second-order valence-corrected chi connectivity index (χ2v) is 16.8. The average molecular weight is 958 g/mol. The van der Waals surface area contributed by atoms with Crippen molar-refractivity contribution in [1.82, 2.24) is 58.2 Å². The van der Waals surface area contributed by atoms with Crippen LogP contribution in [0.25, 0.3) is 10.9 Å². The SMILES string of the molecule is NCCCCNCCC(=O)NCCCCNCCC(=O)NCCCCNCCC(=O)NCCCCNCCC(=O)NCCCCCNC(=O)[C@H](CC(N)=O)NC(=O)Cc1c[nH]c2cccc(O)c12. The van der Waals surface area contributed by atoms with Crippen molar-refractivity contribution in [3.05, 3.63) is 30.0 Å². The molecule has 0 spiro atoms. The highest BCUT2D eigenvalue weighted by atomic mass is 16.3. The fraction of sp³-hybridized carbons (Fsp3) is 0.681. The van der Waals surface area contributed by atoms with E-state index in [4.69, 9.17) is 11.5 Å². The lowest BCUT2D eigenvalue weighted by Crippen LogP contribution is -2.49. The van der Waals surface area contributed by atoms with E-state index >= 15 is 0 Å². The third kappa shape index (κ3) is 30.1. The quantitative estimate of drug-likeness (QED) is 0.0375. The van der Waals surface area contributed by atoms with Crippen molar-refractivity contribution >= 4 is 52.3 Å². The van der Waals surface area contributed by atoms with Crippen LogP contribution in [-0.4, -0.2) is 149 Å². The van der Waals surface area contributed by atoms with Crippen LogP contribution in [0.1, 0.15) is 108 Å². The summed E-state index contributed by atoms with van der Waals surface area (Å²) in [5.41, 5.74) is 12.0. The highest BCUT2D eigenvalue weighted by molar-refractivity contribution is 5.95. The molecule has 0 aliphatic rings. The number of aromatic nitrogens is 1. The Balaban J connectivity index is 1.32. The molecule has 2 rings (SSSR count). The van der Waals surface area contributed by atoms with Gasteiger partial charge < -0.3 is 74.7 Å². The van der Waals surface area contributed by atoms with Crippen LogP contribution in [0.4, 0.5) is 0 Å². The van der Waals surface area contributed by atoms with Gasteiger partial charge in [-0.1, -0.05) is 6.07 Å². The second-order valence-electron chi connectivity index (χ2n) is 16.8. The number of H-pyrrole nitrogens is 1. The number of hydrogen-bond acceptors (Lipinski definition) is 13. The number of nitrogens with two attached hydrogens (primary N) is 2. The van der Waals surface area contributed by atoms with Crippen LogP contribution >= 0.6 is 0 Å². The topological polar surface area (TPSA) is 328 Å². The van der Waals surface area contributed by atoms with Crippen molar-refractivity contribution in [2.45, 2.75) is 115 Å². The van der Waals surface area contributed by atoms with Gasteiger partial charge in [-0.15, -0.1) is 0 Å². The highest BCUT2D eigenvalue weighted by Crippen LogP contribution is 2.27. The Kier molecular flexibility index (Phi) is 33.4. The standard InChI is InChI=1S/C47H83N13O8/c48-19-2-5-20-50-29-15-42(64)55-25-9-7-22-52-31-17-44(66)57-27-11-8-23-53-32-18-43(65)56-26-10-6-21-51-30-16-41(63)54-24-3-1-4-28-58-47(68)38(34-40(49)62)60-45(67)33-36-35-59-37-13-12-14-39(61)46(36)37/h12-14,35,38,50-53,59,61H,1-11,15-34,48H2,(H2,49,62)(H,54,63)(H,55,64)(H,56,65)(H,57,66)(H,58,68)(H,60,67)/t38-/m0/s1. The molecule has 0 unspecified atom stereocenters. The van der Waals surface area contributed by atoms with E-state index < -0.39 is 23.8 Å². The van der Waals surface area contributed by atoms with Crippen molar-refractivity contribution in [3.63, 3.8) is 0 Å². The first-order chi connectivity index (χ1) is 33.0. The predicted molar refractivity (Wildman–Crippen MR) is 264 cm³/mol. The summed E-state index contributed by atoms with van der Waals surface area (Å²) >= 11 is 0. The molecule has 0 bridgehead atoms. The van der Waals surface area contributed by atoms with Gasteiger partial charge >= 0.3 is 0 Å². The molecule has 1 aromatic heterocycles. The fourth-order valence-electron chi connectivity index (χ4n) is 7.06. The maximum atomic E-state index is 12.8. The maximum Gasteiger partial charge on any atom is 0.243 e. The first-order valence-corrected chi connectivity index (χ1v) is 24.7. The van der Waals surface area contributed by atoms with Crippen LogP contribution in [0, 0.1) is 0 Å². The summed E-state index contributed by atoms with van der Waals surface area (Å²) in [6.45, 7) is 9.06. The lowest BCUT2D eigenvalue weighted by atomic mass is 10.1. The zero-order valence-corrected chi connectivity index (χ0v) is 40.3. The number of nitrogens with one attached hydrogen (secondary N) is 11. The van der Waals surface area contributed by atoms with Gasteiger partial charge in [0.2, 0.25) is 41.4 Å². The zero-order chi connectivity index (χ0) is 49.5. The molecule has 0 saturated carbocycles. The number of hydrogen-bond donors (Lipinski definition) is 14. The Morgan fingerprint density at radius 3 is 1.37 bits per heavy atom. The summed E-state index contributed by atoms with van der Waals surface area (Å²) in [7, 11) is 0. The van der Waals surface area contributed by atoms with Crippen molar-refractivity contribution < 1.29 is 38.7 Å². The number of phenols is 1. The molecular weight excluding hydrogens is 875 g/mol. The number of aromatic hydroxyl groups is 1. The minimum absolute atomic E-state index is 0.00417. The molecule has 7 amide bonds. The fourth-order valence-corrected chi connectivity index (χ4v) is 7.06. The maximum absolute atomic E-state index is 12.8. The Morgan fingerprint density at radius 2 is 0.926 bits per heavy atom. The summed E-state index contributed by atoms with van der Waals surface area (Å²) in [5.74, 6) is -1.67. The summed E-state index contributed by atoms with van der Waals surface area (Å²) in [5, 5.41) is 40.8. The molecule has 68 heavy (non-hydrogen) atoms. The van der Waals surface area contributed by atoms with Gasteiger partial charge in [0.25, 0.3) is 0 Å². The van der Waals surface area contributed by atoms with Gasteiger partial charge in [0.05, 0.1) is 12.8 Å². The van der Waals surface area contributed by atoms with Crippen LogP contribution in [0.2, 0.25) is 0 Å². The largest absolute Gasteiger partial charge is 0.507 e. The molecule has 1 aromatic carbocycles. The van der Waals surface area contributed by atoms with E-state index in [0.29, 0.717) is 114 Å². The number of phenolic OH excluding ortho intramolecular Hbond substituents is 1. The molecule has 0 saturated heterocycles. The number of benzene rings is 1. The van der Waals surface area contributed by atoms with Crippen LogP contribution in [0.5, 0.6) is 5.75 Å². The Labute approximate surface area is 402 Å². The Bertz CT molecular complexity index is 1760. The van der Waals surface area contributed by atoms with Crippen LogP contribution < -0.4 is 64.6 Å².